The minimum absolute atomic E-state index is 0.000406. The number of carbonyl (C=O) groups excluding carboxylic acids is 1. The van der Waals surface area contributed by atoms with E-state index >= 15 is 0 Å². The third kappa shape index (κ3) is 5.53. The van der Waals surface area contributed by atoms with Crippen molar-refractivity contribution in [2.75, 3.05) is 6.54 Å². The first-order chi connectivity index (χ1) is 13.4. The highest BCUT2D eigenvalue weighted by molar-refractivity contribution is 8.15. The van der Waals surface area contributed by atoms with E-state index in [4.69, 9.17) is 20.5 Å². The van der Waals surface area contributed by atoms with Gasteiger partial charge in [0.2, 0.25) is 0 Å². The van der Waals surface area contributed by atoms with Gasteiger partial charge < -0.3 is 21.0 Å². The van der Waals surface area contributed by atoms with Gasteiger partial charge in [-0.2, -0.15) is 0 Å². The van der Waals surface area contributed by atoms with Crippen molar-refractivity contribution in [1.82, 2.24) is 5.32 Å². The van der Waals surface area contributed by atoms with Crippen molar-refractivity contribution >= 4 is 29.4 Å². The zero-order valence-corrected chi connectivity index (χ0v) is 17.6. The van der Waals surface area contributed by atoms with E-state index in [1.54, 1.807) is 11.8 Å². The van der Waals surface area contributed by atoms with E-state index in [2.05, 4.69) is 36.5 Å². The summed E-state index contributed by atoms with van der Waals surface area (Å²) in [4.78, 5) is 17.7. The smallest absolute Gasteiger partial charge is 0.127 e. The minimum Gasteiger partial charge on any atom is -0.386 e. The topological polar surface area (TPSA) is 100 Å². The molecule has 7 heteroatoms. The standard InChI is InChI=1S/C20H28N4OS.CH2O/c1-4-13-5-7-14(8-6-13)18-23-16(11-21)19(26-18)24-17-10-9-15(12-22-17)20(2,3)25;1-2/h5-8,12,16,19,25H,4,9-11,21H2,1-3H3,(H,22,24);1H2. The monoisotopic (exact) mass is 402 g/mol. The van der Waals surface area contributed by atoms with Crippen molar-refractivity contribution in [1.29, 1.82) is 0 Å². The number of hydrogen-bond acceptors (Lipinski definition) is 6. The van der Waals surface area contributed by atoms with Gasteiger partial charge in [0.25, 0.3) is 0 Å². The van der Waals surface area contributed by atoms with Gasteiger partial charge in [-0.05, 0) is 37.8 Å². The van der Waals surface area contributed by atoms with Crippen molar-refractivity contribution in [3.05, 3.63) is 47.2 Å². The molecule has 0 fully saturated rings. The van der Waals surface area contributed by atoms with Crippen LogP contribution in [-0.2, 0) is 11.2 Å². The maximum atomic E-state index is 10.1. The van der Waals surface area contributed by atoms with Gasteiger partial charge in [0, 0.05) is 24.7 Å². The number of amidine groups is 1. The Morgan fingerprint density at radius 2 is 2.00 bits per heavy atom. The van der Waals surface area contributed by atoms with Crippen LogP contribution in [0.25, 0.3) is 0 Å². The van der Waals surface area contributed by atoms with Crippen molar-refractivity contribution in [3.8, 4) is 0 Å². The predicted octanol–water partition coefficient (Wildman–Crippen LogP) is 2.65. The number of rotatable bonds is 5. The molecule has 2 aliphatic heterocycles. The molecule has 0 saturated carbocycles. The van der Waals surface area contributed by atoms with Crippen LogP contribution in [0.5, 0.6) is 0 Å². The second-order valence-electron chi connectivity index (χ2n) is 7.24. The lowest BCUT2D eigenvalue weighted by atomic mass is 9.93. The fraction of sp³-hybridized carbons (Fsp3) is 0.476. The Bertz CT molecular complexity index is 751. The van der Waals surface area contributed by atoms with Crippen LogP contribution in [-0.4, -0.2) is 46.3 Å². The molecule has 0 amide bonds. The molecule has 1 aromatic rings. The molecule has 3 rings (SSSR count). The van der Waals surface area contributed by atoms with Crippen LogP contribution in [0.3, 0.4) is 0 Å². The van der Waals surface area contributed by atoms with Gasteiger partial charge in [-0.25, -0.2) is 0 Å². The molecular weight excluding hydrogens is 372 g/mol. The highest BCUT2D eigenvalue weighted by Crippen LogP contribution is 2.32. The SMILES string of the molecule is C=O.CCc1ccc(C2=NC(CN)C(/N=C3/CCC(C(C)(C)O)=CN3)S2)cc1. The van der Waals surface area contributed by atoms with E-state index in [-0.39, 0.29) is 11.4 Å². The van der Waals surface area contributed by atoms with Crippen LogP contribution in [0, 0.1) is 0 Å². The molecular formula is C21H30N4O2S. The number of benzene rings is 1. The Morgan fingerprint density at radius 1 is 1.32 bits per heavy atom. The molecule has 0 spiro atoms. The summed E-state index contributed by atoms with van der Waals surface area (Å²) in [6, 6.07) is 8.56. The largest absolute Gasteiger partial charge is 0.386 e. The van der Waals surface area contributed by atoms with E-state index in [0.717, 1.165) is 41.3 Å². The summed E-state index contributed by atoms with van der Waals surface area (Å²) >= 11 is 1.68. The maximum Gasteiger partial charge on any atom is 0.127 e. The van der Waals surface area contributed by atoms with Crippen LogP contribution in [0.4, 0.5) is 0 Å². The van der Waals surface area contributed by atoms with Gasteiger partial charge in [-0.3, -0.25) is 9.98 Å². The number of nitrogens with two attached hydrogens (primary N) is 1. The van der Waals surface area contributed by atoms with Crippen molar-refractivity contribution in [2.24, 2.45) is 15.7 Å². The summed E-state index contributed by atoms with van der Waals surface area (Å²) in [5, 5.41) is 14.4. The first kappa shape index (κ1) is 22.3. The fourth-order valence-electron chi connectivity index (χ4n) is 3.05. The van der Waals surface area contributed by atoms with E-state index in [9.17, 15) is 5.11 Å². The summed E-state index contributed by atoms with van der Waals surface area (Å²) in [6.45, 7) is 8.26. The highest BCUT2D eigenvalue weighted by atomic mass is 32.2. The Kier molecular flexibility index (Phi) is 7.98. The summed E-state index contributed by atoms with van der Waals surface area (Å²) < 4.78 is 0. The zero-order chi connectivity index (χ0) is 20.7. The van der Waals surface area contributed by atoms with Crippen LogP contribution in [0.1, 0.15) is 44.7 Å². The third-order valence-corrected chi connectivity index (χ3v) is 6.03. The average Bonchev–Trinajstić information content (AvgIpc) is 3.12. The Hall–Kier alpha value is -1.96. The average molecular weight is 403 g/mol. The number of nitrogens with zero attached hydrogens (tertiary/aromatic N) is 2. The number of aryl methyl sites for hydroxylation is 1. The highest BCUT2D eigenvalue weighted by Gasteiger charge is 2.30. The number of aliphatic imine (C=N–C) groups is 2. The number of nitrogens with one attached hydrogen (secondary N) is 1. The molecule has 0 radical (unpaired) electrons. The second kappa shape index (κ2) is 10.0. The summed E-state index contributed by atoms with van der Waals surface area (Å²) in [6.07, 6.45) is 4.52. The van der Waals surface area contributed by atoms with Crippen LogP contribution in [0.15, 0.2) is 46.0 Å². The maximum absolute atomic E-state index is 10.1. The Balaban J connectivity index is 0.00000136. The summed E-state index contributed by atoms with van der Waals surface area (Å²) in [7, 11) is 0. The lowest BCUT2D eigenvalue weighted by Gasteiger charge is -2.26. The summed E-state index contributed by atoms with van der Waals surface area (Å²) in [5.41, 5.74) is 8.61. The molecule has 2 aliphatic rings. The first-order valence-electron chi connectivity index (χ1n) is 9.48. The normalized spacial score (nSPS) is 23.4. The van der Waals surface area contributed by atoms with Crippen molar-refractivity contribution < 1.29 is 9.90 Å². The molecule has 0 aromatic heterocycles. The van der Waals surface area contributed by atoms with E-state index in [1.807, 2.05) is 26.8 Å². The van der Waals surface area contributed by atoms with Crippen LogP contribution in [0.2, 0.25) is 0 Å². The van der Waals surface area contributed by atoms with Gasteiger partial charge in [0.1, 0.15) is 23.0 Å². The van der Waals surface area contributed by atoms with Crippen molar-refractivity contribution in [2.45, 2.75) is 57.1 Å². The number of carbonyl (C=O) groups is 1. The number of thioether (sulfide) groups is 1. The molecule has 4 N–H and O–H groups in total. The third-order valence-electron chi connectivity index (χ3n) is 4.81. The van der Waals surface area contributed by atoms with Gasteiger partial charge in [-0.15, -0.1) is 0 Å². The minimum atomic E-state index is -0.790. The number of aliphatic hydroxyl groups is 1. The summed E-state index contributed by atoms with van der Waals surface area (Å²) in [5.74, 6) is 0.937. The molecule has 1 aromatic carbocycles. The quantitative estimate of drug-likeness (QED) is 0.703. The van der Waals surface area contributed by atoms with Crippen LogP contribution >= 0.6 is 11.8 Å². The lowest BCUT2D eigenvalue weighted by molar-refractivity contribution is -0.0980. The molecule has 2 unspecified atom stereocenters. The molecule has 28 heavy (non-hydrogen) atoms. The van der Waals surface area contributed by atoms with E-state index in [0.29, 0.717) is 6.54 Å². The molecule has 2 atom stereocenters. The molecule has 0 bridgehead atoms. The van der Waals surface area contributed by atoms with Crippen molar-refractivity contribution in [3.63, 3.8) is 0 Å². The second-order valence-corrected chi connectivity index (χ2v) is 8.35. The molecule has 152 valence electrons. The van der Waals surface area contributed by atoms with Gasteiger partial charge >= 0.3 is 0 Å². The molecule has 6 nitrogen and oxygen atoms in total. The van der Waals surface area contributed by atoms with Crippen LogP contribution < -0.4 is 11.1 Å². The zero-order valence-electron chi connectivity index (χ0n) is 16.8. The van der Waals surface area contributed by atoms with E-state index in [1.165, 1.54) is 5.56 Å². The molecule has 0 aliphatic carbocycles. The predicted molar refractivity (Wildman–Crippen MR) is 118 cm³/mol. The fourth-order valence-corrected chi connectivity index (χ4v) is 4.26. The Labute approximate surface area is 171 Å². The van der Waals surface area contributed by atoms with Gasteiger partial charge in [0.05, 0.1) is 11.6 Å². The lowest BCUT2D eigenvalue weighted by Crippen LogP contribution is -2.33. The van der Waals surface area contributed by atoms with Gasteiger partial charge in [0.15, 0.2) is 0 Å². The van der Waals surface area contributed by atoms with Gasteiger partial charge in [-0.1, -0.05) is 43.0 Å². The van der Waals surface area contributed by atoms with E-state index < -0.39 is 5.60 Å². The Morgan fingerprint density at radius 3 is 2.50 bits per heavy atom. The number of hydrogen-bond donors (Lipinski definition) is 3. The molecule has 0 saturated heterocycles. The first-order valence-corrected chi connectivity index (χ1v) is 10.4. The molecule has 2 heterocycles.